The average molecular weight is 306 g/mol. The van der Waals surface area contributed by atoms with Crippen molar-refractivity contribution < 1.29 is 17.9 Å². The number of benzene rings is 1. The van der Waals surface area contributed by atoms with Crippen molar-refractivity contribution in [2.24, 2.45) is 4.99 Å². The van der Waals surface area contributed by atoms with Crippen molar-refractivity contribution in [3.8, 4) is 5.75 Å². The third kappa shape index (κ3) is 2.68. The van der Waals surface area contributed by atoms with Crippen LogP contribution in [-0.4, -0.2) is 16.4 Å². The molecule has 0 amide bonds. The van der Waals surface area contributed by atoms with E-state index in [1.165, 1.54) is 6.07 Å². The van der Waals surface area contributed by atoms with E-state index >= 15 is 0 Å². The number of pyridine rings is 1. The maximum Gasteiger partial charge on any atom is 0.416 e. The van der Waals surface area contributed by atoms with Crippen molar-refractivity contribution in [1.82, 2.24) is 4.98 Å². The molecule has 0 atom stereocenters. The van der Waals surface area contributed by atoms with Gasteiger partial charge in [0, 0.05) is 11.8 Å². The average Bonchev–Trinajstić information content (AvgIpc) is 2.45. The molecule has 1 aromatic heterocycles. The minimum atomic E-state index is -4.42. The predicted molar refractivity (Wildman–Crippen MR) is 76.0 cm³/mol. The molecule has 0 saturated heterocycles. The quantitative estimate of drug-likeness (QED) is 0.796. The molecule has 0 aliphatic carbocycles. The summed E-state index contributed by atoms with van der Waals surface area (Å²) < 4.78 is 44.5. The Morgan fingerprint density at radius 2 is 1.86 bits per heavy atom. The molecule has 0 unspecified atom stereocenters. The molecule has 2 heterocycles. The first kappa shape index (κ1) is 14.6. The van der Waals surface area contributed by atoms with E-state index in [4.69, 9.17) is 4.74 Å². The second kappa shape index (κ2) is 4.83. The molecule has 3 nitrogen and oxygen atoms in total. The number of aromatic nitrogens is 1. The number of fused-ring (bicyclic) bond motifs is 1. The van der Waals surface area contributed by atoms with Crippen molar-refractivity contribution in [3.63, 3.8) is 0 Å². The Balaban J connectivity index is 2.20. The normalized spacial score (nSPS) is 16.5. The third-order valence-corrected chi connectivity index (χ3v) is 3.21. The van der Waals surface area contributed by atoms with Gasteiger partial charge in [0.25, 0.3) is 0 Å². The van der Waals surface area contributed by atoms with Crippen LogP contribution in [-0.2, 0) is 6.18 Å². The monoisotopic (exact) mass is 306 g/mol. The van der Waals surface area contributed by atoms with E-state index in [-0.39, 0.29) is 0 Å². The Bertz CT molecular complexity index is 737. The zero-order valence-electron chi connectivity index (χ0n) is 12.0. The summed E-state index contributed by atoms with van der Waals surface area (Å²) in [5.74, 6) is 0.369. The summed E-state index contributed by atoms with van der Waals surface area (Å²) in [6.07, 6.45) is -2.84. The lowest BCUT2D eigenvalue weighted by atomic mass is 10.00. The molecule has 0 fully saturated rings. The van der Waals surface area contributed by atoms with Gasteiger partial charge in [-0.05, 0) is 44.2 Å². The fourth-order valence-electron chi connectivity index (χ4n) is 2.30. The molecule has 0 spiro atoms. The highest BCUT2D eigenvalue weighted by atomic mass is 19.4. The first-order valence-corrected chi connectivity index (χ1v) is 6.68. The first-order valence-electron chi connectivity index (χ1n) is 6.68. The molecule has 0 saturated carbocycles. The van der Waals surface area contributed by atoms with Crippen LogP contribution in [0.3, 0.4) is 0 Å². The number of alkyl halides is 3. The van der Waals surface area contributed by atoms with Gasteiger partial charge in [-0.3, -0.25) is 4.98 Å². The topological polar surface area (TPSA) is 34.5 Å². The highest BCUT2D eigenvalue weighted by molar-refractivity contribution is 6.14. The lowest BCUT2D eigenvalue weighted by molar-refractivity contribution is -0.137. The lowest BCUT2D eigenvalue weighted by Gasteiger charge is -2.30. The molecular weight excluding hydrogens is 293 g/mol. The van der Waals surface area contributed by atoms with E-state index in [0.717, 1.165) is 12.1 Å². The van der Waals surface area contributed by atoms with E-state index in [1.807, 2.05) is 0 Å². The summed E-state index contributed by atoms with van der Waals surface area (Å²) >= 11 is 0. The van der Waals surface area contributed by atoms with Gasteiger partial charge in [0.2, 0.25) is 0 Å². The number of halogens is 3. The Morgan fingerprint density at radius 1 is 1.09 bits per heavy atom. The van der Waals surface area contributed by atoms with E-state index in [9.17, 15) is 13.2 Å². The van der Waals surface area contributed by atoms with Crippen LogP contribution in [0.4, 0.5) is 13.2 Å². The molecule has 1 aliphatic heterocycles. The Hall–Kier alpha value is -2.37. The van der Waals surface area contributed by atoms with Crippen LogP contribution in [0.25, 0.3) is 0 Å². The van der Waals surface area contributed by atoms with Crippen LogP contribution in [0, 0.1) is 0 Å². The maximum absolute atomic E-state index is 12.9. The highest BCUT2D eigenvalue weighted by Crippen LogP contribution is 2.37. The summed E-state index contributed by atoms with van der Waals surface area (Å²) in [6, 6.07) is 8.61. The van der Waals surface area contributed by atoms with Crippen LogP contribution in [0.2, 0.25) is 0 Å². The fraction of sp³-hybridized carbons (Fsp3) is 0.250. The van der Waals surface area contributed by atoms with Gasteiger partial charge in [-0.2, -0.15) is 13.2 Å². The lowest BCUT2D eigenvalue weighted by Crippen LogP contribution is -2.33. The summed E-state index contributed by atoms with van der Waals surface area (Å²) in [5.41, 5.74) is -0.386. The molecule has 2 aromatic rings. The highest BCUT2D eigenvalue weighted by Gasteiger charge is 2.35. The fourth-order valence-corrected chi connectivity index (χ4v) is 2.30. The third-order valence-electron chi connectivity index (χ3n) is 3.21. The van der Waals surface area contributed by atoms with Gasteiger partial charge < -0.3 is 4.74 Å². The van der Waals surface area contributed by atoms with Crippen LogP contribution >= 0.6 is 0 Å². The van der Waals surface area contributed by atoms with Crippen LogP contribution < -0.4 is 4.74 Å². The maximum atomic E-state index is 12.9. The molecule has 0 N–H and O–H groups in total. The van der Waals surface area contributed by atoms with Gasteiger partial charge in [-0.15, -0.1) is 0 Å². The van der Waals surface area contributed by atoms with E-state index < -0.39 is 17.5 Å². The molecule has 6 heteroatoms. The zero-order valence-corrected chi connectivity index (χ0v) is 12.0. The second-order valence-electron chi connectivity index (χ2n) is 5.43. The first-order chi connectivity index (χ1) is 10.3. The molecule has 1 aliphatic rings. The molecule has 0 bridgehead atoms. The number of nitrogens with zero attached hydrogens (tertiary/aromatic N) is 2. The van der Waals surface area contributed by atoms with Gasteiger partial charge in [-0.1, -0.05) is 6.07 Å². The van der Waals surface area contributed by atoms with Crippen LogP contribution in [0.1, 0.15) is 30.7 Å². The number of ether oxygens (including phenoxy) is 1. The summed E-state index contributed by atoms with van der Waals surface area (Å²) in [4.78, 5) is 8.60. The number of hydrogen-bond donors (Lipinski definition) is 0. The largest absolute Gasteiger partial charge is 0.466 e. The molecule has 0 radical (unpaired) electrons. The summed E-state index contributed by atoms with van der Waals surface area (Å²) in [7, 11) is 0. The van der Waals surface area contributed by atoms with Gasteiger partial charge in [0.05, 0.1) is 17.0 Å². The van der Waals surface area contributed by atoms with Gasteiger partial charge in [0.1, 0.15) is 5.75 Å². The summed E-state index contributed by atoms with van der Waals surface area (Å²) in [5, 5.41) is 0. The molecule has 1 aromatic carbocycles. The zero-order chi connectivity index (χ0) is 16.0. The van der Waals surface area contributed by atoms with E-state index in [1.54, 1.807) is 38.2 Å². The predicted octanol–water partition coefficient (Wildman–Crippen LogP) is 4.07. The van der Waals surface area contributed by atoms with Crippen molar-refractivity contribution in [2.75, 3.05) is 0 Å². The van der Waals surface area contributed by atoms with E-state index in [2.05, 4.69) is 9.98 Å². The molecular formula is C16H13F3N2O. The van der Waals surface area contributed by atoms with Crippen LogP contribution in [0.15, 0.2) is 47.6 Å². The van der Waals surface area contributed by atoms with Gasteiger partial charge in [0.15, 0.2) is 5.72 Å². The summed E-state index contributed by atoms with van der Waals surface area (Å²) in [6.45, 7) is 3.49. The Kier molecular flexibility index (Phi) is 3.20. The number of rotatable bonds is 1. The number of aliphatic imine (C=N–C) groups is 1. The Labute approximate surface area is 125 Å². The smallest absolute Gasteiger partial charge is 0.416 e. The van der Waals surface area contributed by atoms with Crippen molar-refractivity contribution in [2.45, 2.75) is 25.7 Å². The number of hydrogen-bond acceptors (Lipinski definition) is 3. The minimum Gasteiger partial charge on any atom is -0.466 e. The minimum absolute atomic E-state index is 0.299. The van der Waals surface area contributed by atoms with Gasteiger partial charge in [-0.25, -0.2) is 4.99 Å². The van der Waals surface area contributed by atoms with Crippen molar-refractivity contribution >= 4 is 5.71 Å². The van der Waals surface area contributed by atoms with Crippen molar-refractivity contribution in [1.29, 1.82) is 0 Å². The SMILES string of the molecule is CC1(C)N=C(c2ccccn2)c2cc(C(F)(F)F)ccc2O1. The van der Waals surface area contributed by atoms with Crippen LogP contribution in [0.5, 0.6) is 5.75 Å². The van der Waals surface area contributed by atoms with E-state index in [0.29, 0.717) is 22.7 Å². The standard InChI is InChI=1S/C16H13F3N2O/c1-15(2)21-14(12-5-3-4-8-20-12)11-9-10(16(17,18)19)6-7-13(11)22-15/h3-9H,1-2H3. The molecule has 114 valence electrons. The molecule has 22 heavy (non-hydrogen) atoms. The second-order valence-corrected chi connectivity index (χ2v) is 5.43. The molecule has 3 rings (SSSR count). The Morgan fingerprint density at radius 3 is 2.50 bits per heavy atom. The van der Waals surface area contributed by atoms with Gasteiger partial charge >= 0.3 is 6.18 Å². The van der Waals surface area contributed by atoms with Crippen molar-refractivity contribution in [3.05, 3.63) is 59.4 Å².